The van der Waals surface area contributed by atoms with Gasteiger partial charge in [0.05, 0.1) is 0 Å². The maximum Gasteiger partial charge on any atom is 0.300 e. The van der Waals surface area contributed by atoms with Crippen LogP contribution in [0.5, 0.6) is 11.5 Å². The van der Waals surface area contributed by atoms with Gasteiger partial charge < -0.3 is 19.2 Å². The minimum absolute atomic E-state index is 0.477. The summed E-state index contributed by atoms with van der Waals surface area (Å²) in [5.74, 6) is 1.57. The molecule has 0 amide bonds. The summed E-state index contributed by atoms with van der Waals surface area (Å²) >= 11 is 0. The van der Waals surface area contributed by atoms with E-state index >= 15 is 0 Å². The first-order valence-corrected chi connectivity index (χ1v) is 8.48. The molecule has 0 radical (unpaired) electrons. The monoisotopic (exact) mass is 344 g/mol. The van der Waals surface area contributed by atoms with Crippen molar-refractivity contribution in [3.05, 3.63) is 66.7 Å². The highest BCUT2D eigenvalue weighted by molar-refractivity contribution is 5.82. The largest absolute Gasteiger partial charge is 0.486 e. The van der Waals surface area contributed by atoms with Crippen LogP contribution in [-0.2, 0) is 0 Å². The summed E-state index contributed by atoms with van der Waals surface area (Å²) in [5, 5.41) is 3.18. The summed E-state index contributed by atoms with van der Waals surface area (Å²) in [5.41, 5.74) is 4.58. The second-order valence-electron chi connectivity index (χ2n) is 6.05. The third kappa shape index (κ3) is 2.73. The Hall–Kier alpha value is -3.47. The lowest BCUT2D eigenvalue weighted by atomic mass is 10.0. The van der Waals surface area contributed by atoms with Crippen LogP contribution < -0.4 is 14.8 Å². The van der Waals surface area contributed by atoms with Crippen LogP contribution >= 0.6 is 0 Å². The van der Waals surface area contributed by atoms with Gasteiger partial charge in [0.15, 0.2) is 17.1 Å². The fourth-order valence-electron chi connectivity index (χ4n) is 3.03. The number of anilines is 2. The van der Waals surface area contributed by atoms with Gasteiger partial charge in [-0.05, 0) is 47.5 Å². The highest BCUT2D eigenvalue weighted by Crippen LogP contribution is 2.35. The summed E-state index contributed by atoms with van der Waals surface area (Å²) in [7, 11) is 0. The van der Waals surface area contributed by atoms with Gasteiger partial charge in [0.2, 0.25) is 0 Å². The first-order valence-electron chi connectivity index (χ1n) is 8.48. The van der Waals surface area contributed by atoms with E-state index < -0.39 is 0 Å². The number of nitrogens with one attached hydrogen (secondary N) is 1. The third-order valence-electron chi connectivity index (χ3n) is 4.29. The molecule has 5 nitrogen and oxygen atoms in total. The second kappa shape index (κ2) is 6.11. The van der Waals surface area contributed by atoms with Crippen LogP contribution in [0.2, 0.25) is 0 Å². The van der Waals surface area contributed by atoms with Crippen LogP contribution in [0, 0.1) is 0 Å². The van der Waals surface area contributed by atoms with E-state index in [0.717, 1.165) is 39.4 Å². The number of hydrogen-bond acceptors (Lipinski definition) is 5. The lowest BCUT2D eigenvalue weighted by molar-refractivity contribution is 0.171. The molecule has 5 rings (SSSR count). The molecule has 3 aromatic carbocycles. The molecule has 1 aliphatic rings. The lowest BCUT2D eigenvalue weighted by Gasteiger charge is -2.18. The molecule has 0 fully saturated rings. The van der Waals surface area contributed by atoms with Crippen LogP contribution in [0.15, 0.2) is 71.1 Å². The predicted molar refractivity (Wildman–Crippen MR) is 100 cm³/mol. The average molecular weight is 344 g/mol. The van der Waals surface area contributed by atoms with E-state index in [1.807, 2.05) is 66.7 Å². The van der Waals surface area contributed by atoms with Gasteiger partial charge in [0.1, 0.15) is 18.7 Å². The molecule has 4 aromatic rings. The molecule has 5 heteroatoms. The molecule has 1 aromatic heterocycles. The van der Waals surface area contributed by atoms with Gasteiger partial charge in [0.25, 0.3) is 6.01 Å². The van der Waals surface area contributed by atoms with Gasteiger partial charge in [-0.15, -0.1) is 0 Å². The Morgan fingerprint density at radius 2 is 1.54 bits per heavy atom. The number of aromatic nitrogens is 1. The van der Waals surface area contributed by atoms with E-state index in [9.17, 15) is 0 Å². The zero-order chi connectivity index (χ0) is 17.3. The van der Waals surface area contributed by atoms with Crippen molar-refractivity contribution in [2.45, 2.75) is 0 Å². The van der Waals surface area contributed by atoms with Gasteiger partial charge in [-0.25, -0.2) is 0 Å². The first kappa shape index (κ1) is 14.8. The van der Waals surface area contributed by atoms with Crippen molar-refractivity contribution in [2.75, 3.05) is 18.5 Å². The maximum absolute atomic E-state index is 5.79. The molecular weight excluding hydrogens is 328 g/mol. The number of benzene rings is 3. The van der Waals surface area contributed by atoms with Crippen LogP contribution in [0.4, 0.5) is 11.7 Å². The zero-order valence-electron chi connectivity index (χ0n) is 13.9. The molecule has 2 heterocycles. The SMILES string of the molecule is c1ccc(Nc2nc3cc(-c4ccc5c(c4)OCCO5)ccc3o2)cc1. The number of ether oxygens (including phenoxy) is 2. The van der Waals surface area contributed by atoms with Crippen LogP contribution in [-0.4, -0.2) is 18.2 Å². The number of rotatable bonds is 3. The molecule has 1 N–H and O–H groups in total. The molecule has 0 atom stereocenters. The smallest absolute Gasteiger partial charge is 0.300 e. The highest BCUT2D eigenvalue weighted by atomic mass is 16.6. The number of para-hydroxylation sites is 1. The van der Waals surface area contributed by atoms with Crippen molar-refractivity contribution in [1.82, 2.24) is 4.98 Å². The Morgan fingerprint density at radius 1 is 0.769 bits per heavy atom. The molecule has 0 unspecified atom stereocenters. The Labute approximate surface area is 150 Å². The maximum atomic E-state index is 5.79. The van der Waals surface area contributed by atoms with E-state index in [0.29, 0.717) is 19.2 Å². The Morgan fingerprint density at radius 3 is 2.42 bits per heavy atom. The molecule has 0 spiro atoms. The molecule has 0 saturated heterocycles. The van der Waals surface area contributed by atoms with Crippen molar-refractivity contribution in [3.63, 3.8) is 0 Å². The molecule has 26 heavy (non-hydrogen) atoms. The van der Waals surface area contributed by atoms with Crippen molar-refractivity contribution < 1.29 is 13.9 Å². The fourth-order valence-corrected chi connectivity index (χ4v) is 3.03. The van der Waals surface area contributed by atoms with Crippen LogP contribution in [0.1, 0.15) is 0 Å². The van der Waals surface area contributed by atoms with Gasteiger partial charge in [-0.3, -0.25) is 0 Å². The van der Waals surface area contributed by atoms with E-state index in [2.05, 4.69) is 10.3 Å². The molecule has 0 aliphatic carbocycles. The molecular formula is C21H16N2O3. The van der Waals surface area contributed by atoms with E-state index in [1.165, 1.54) is 0 Å². The summed E-state index contributed by atoms with van der Waals surface area (Å²) in [6.07, 6.45) is 0. The second-order valence-corrected chi connectivity index (χ2v) is 6.05. The Bertz CT molecular complexity index is 1070. The standard InChI is InChI=1S/C21H16N2O3/c1-2-4-16(5-3-1)22-21-23-17-12-14(6-8-18(17)26-21)15-7-9-19-20(13-15)25-11-10-24-19/h1-9,12-13H,10-11H2,(H,22,23). The third-order valence-corrected chi connectivity index (χ3v) is 4.29. The zero-order valence-corrected chi connectivity index (χ0v) is 13.9. The first-order chi connectivity index (χ1) is 12.8. The van der Waals surface area contributed by atoms with Gasteiger partial charge in [-0.1, -0.05) is 30.3 Å². The quantitative estimate of drug-likeness (QED) is 0.566. The van der Waals surface area contributed by atoms with Crippen LogP contribution in [0.25, 0.3) is 22.2 Å². The Kier molecular flexibility index (Phi) is 3.49. The number of oxazole rings is 1. The molecule has 128 valence electrons. The minimum atomic E-state index is 0.477. The molecule has 1 aliphatic heterocycles. The Balaban J connectivity index is 1.48. The van der Waals surface area contributed by atoms with Crippen molar-refractivity contribution in [1.29, 1.82) is 0 Å². The van der Waals surface area contributed by atoms with E-state index in [4.69, 9.17) is 13.9 Å². The van der Waals surface area contributed by atoms with E-state index in [1.54, 1.807) is 0 Å². The normalized spacial score (nSPS) is 12.9. The van der Waals surface area contributed by atoms with Gasteiger partial charge in [-0.2, -0.15) is 4.98 Å². The van der Waals surface area contributed by atoms with E-state index in [-0.39, 0.29) is 0 Å². The molecule has 0 bridgehead atoms. The lowest BCUT2D eigenvalue weighted by Crippen LogP contribution is -2.15. The number of hydrogen-bond donors (Lipinski definition) is 1. The topological polar surface area (TPSA) is 56.5 Å². The van der Waals surface area contributed by atoms with Crippen LogP contribution in [0.3, 0.4) is 0 Å². The highest BCUT2D eigenvalue weighted by Gasteiger charge is 2.13. The average Bonchev–Trinajstić information content (AvgIpc) is 3.09. The van der Waals surface area contributed by atoms with Gasteiger partial charge >= 0.3 is 0 Å². The van der Waals surface area contributed by atoms with Crippen molar-refractivity contribution in [3.8, 4) is 22.6 Å². The summed E-state index contributed by atoms with van der Waals surface area (Å²) < 4.78 is 17.0. The van der Waals surface area contributed by atoms with Crippen molar-refractivity contribution >= 4 is 22.8 Å². The minimum Gasteiger partial charge on any atom is -0.486 e. The number of fused-ring (bicyclic) bond motifs is 2. The van der Waals surface area contributed by atoms with Gasteiger partial charge in [0, 0.05) is 5.69 Å². The predicted octanol–water partition coefficient (Wildman–Crippen LogP) is 5.01. The fraction of sp³-hybridized carbons (Fsp3) is 0.0952. The molecule has 0 saturated carbocycles. The summed E-state index contributed by atoms with van der Waals surface area (Å²) in [4.78, 5) is 4.55. The summed E-state index contributed by atoms with van der Waals surface area (Å²) in [6, 6.07) is 22.2. The van der Waals surface area contributed by atoms with Crippen molar-refractivity contribution in [2.24, 2.45) is 0 Å². The number of nitrogens with zero attached hydrogens (tertiary/aromatic N) is 1. The summed E-state index contributed by atoms with van der Waals surface area (Å²) in [6.45, 7) is 1.17.